The van der Waals surface area contributed by atoms with Crippen LogP contribution >= 0.6 is 0 Å². The van der Waals surface area contributed by atoms with Gasteiger partial charge in [-0.25, -0.2) is 4.98 Å². The van der Waals surface area contributed by atoms with Crippen LogP contribution in [0.5, 0.6) is 5.75 Å². The van der Waals surface area contributed by atoms with E-state index in [0.717, 1.165) is 16.8 Å². The van der Waals surface area contributed by atoms with Gasteiger partial charge in [0.05, 0.1) is 0 Å². The lowest BCUT2D eigenvalue weighted by Crippen LogP contribution is -2.20. The molecule has 152 valence electrons. The molecule has 0 bridgehead atoms. The van der Waals surface area contributed by atoms with E-state index >= 15 is 0 Å². The molecule has 0 fully saturated rings. The quantitative estimate of drug-likeness (QED) is 0.468. The highest BCUT2D eigenvalue weighted by Gasteiger charge is 2.21. The molecule has 0 unspecified atom stereocenters. The molecule has 7 heteroatoms. The van der Waals surface area contributed by atoms with Crippen LogP contribution in [0.4, 0.5) is 15.9 Å². The lowest BCUT2D eigenvalue weighted by atomic mass is 10.1. The predicted octanol–water partition coefficient (Wildman–Crippen LogP) is 4.36. The minimum absolute atomic E-state index is 0.265. The zero-order valence-corrected chi connectivity index (χ0v) is 16.6. The average molecular weight is 404 g/mol. The second-order valence-electron chi connectivity index (χ2n) is 6.99. The van der Waals surface area contributed by atoms with Gasteiger partial charge in [0.25, 0.3) is 5.91 Å². The summed E-state index contributed by atoms with van der Waals surface area (Å²) in [5.74, 6) is -0.129. The number of anilines is 2. The molecule has 0 aliphatic carbocycles. The van der Waals surface area contributed by atoms with Crippen LogP contribution in [0.3, 0.4) is 0 Å². The number of carbonyl (C=O) groups excluding carboxylic acids is 1. The van der Waals surface area contributed by atoms with Gasteiger partial charge >= 0.3 is 0 Å². The lowest BCUT2D eigenvalue weighted by molar-refractivity contribution is -0.119. The summed E-state index contributed by atoms with van der Waals surface area (Å²) in [5.41, 5.74) is 9.71. The number of ether oxygens (including phenoxy) is 1. The summed E-state index contributed by atoms with van der Waals surface area (Å²) in [7, 11) is 0. The first-order valence-corrected chi connectivity index (χ1v) is 9.46. The highest BCUT2D eigenvalue weighted by molar-refractivity contribution is 5.84. The maximum Gasteiger partial charge on any atom is 0.255 e. The number of rotatable bonds is 6. The fourth-order valence-electron chi connectivity index (χ4n) is 3.42. The van der Waals surface area contributed by atoms with E-state index in [2.05, 4.69) is 10.3 Å². The number of nitrogens with one attached hydrogen (secondary N) is 1. The standard InChI is InChI=1S/C23H21FN4O2/c1-14-7-5-8-15(2)21(14)27-23-22(26-20-12-6-11-18(24)28(20)23)16-9-3-4-10-17(16)30-13-19(25)29/h3-12,27H,13H2,1-2H3,(H2,25,29). The number of pyridine rings is 1. The zero-order chi connectivity index (χ0) is 21.3. The van der Waals surface area contributed by atoms with Gasteiger partial charge in [-0.15, -0.1) is 0 Å². The smallest absolute Gasteiger partial charge is 0.255 e. The van der Waals surface area contributed by atoms with Crippen LogP contribution < -0.4 is 15.8 Å². The third-order valence-corrected chi connectivity index (χ3v) is 4.83. The number of para-hydroxylation sites is 2. The normalized spacial score (nSPS) is 10.9. The maximum absolute atomic E-state index is 14.8. The van der Waals surface area contributed by atoms with Gasteiger partial charge in [-0.05, 0) is 49.2 Å². The summed E-state index contributed by atoms with van der Waals surface area (Å²) < 4.78 is 21.8. The number of amides is 1. The molecule has 4 aromatic rings. The molecule has 0 atom stereocenters. The summed E-state index contributed by atoms with van der Waals surface area (Å²) in [5, 5.41) is 3.38. The van der Waals surface area contributed by atoms with Gasteiger partial charge in [-0.1, -0.05) is 36.4 Å². The molecule has 2 heterocycles. The number of benzene rings is 2. The van der Waals surface area contributed by atoms with Crippen LogP contribution in [0.1, 0.15) is 11.1 Å². The number of hydrogen-bond donors (Lipinski definition) is 2. The number of primary amides is 1. The van der Waals surface area contributed by atoms with E-state index in [4.69, 9.17) is 10.5 Å². The monoisotopic (exact) mass is 404 g/mol. The molecule has 0 saturated heterocycles. The van der Waals surface area contributed by atoms with Crippen molar-refractivity contribution in [3.05, 3.63) is 77.7 Å². The molecule has 3 N–H and O–H groups in total. The molecule has 6 nitrogen and oxygen atoms in total. The van der Waals surface area contributed by atoms with E-state index in [9.17, 15) is 9.18 Å². The van der Waals surface area contributed by atoms with Gasteiger partial charge < -0.3 is 15.8 Å². The SMILES string of the molecule is Cc1cccc(C)c1Nc1c(-c2ccccc2OCC(N)=O)nc2cccc(F)n12. The van der Waals surface area contributed by atoms with Crippen LogP contribution in [-0.2, 0) is 4.79 Å². The largest absolute Gasteiger partial charge is 0.483 e. The second-order valence-corrected chi connectivity index (χ2v) is 6.99. The Morgan fingerprint density at radius 1 is 1.07 bits per heavy atom. The fraction of sp³-hybridized carbons (Fsp3) is 0.130. The van der Waals surface area contributed by atoms with E-state index in [0.29, 0.717) is 28.5 Å². The Hall–Kier alpha value is -3.87. The van der Waals surface area contributed by atoms with Crippen molar-refractivity contribution in [1.82, 2.24) is 9.38 Å². The molecular formula is C23H21FN4O2. The highest BCUT2D eigenvalue weighted by atomic mass is 19.1. The van der Waals surface area contributed by atoms with E-state index in [1.807, 2.05) is 44.2 Å². The molecule has 2 aromatic heterocycles. The number of nitrogens with zero attached hydrogens (tertiary/aromatic N) is 2. The summed E-state index contributed by atoms with van der Waals surface area (Å²) >= 11 is 0. The summed E-state index contributed by atoms with van der Waals surface area (Å²) in [6.07, 6.45) is 0. The third kappa shape index (κ3) is 3.57. The van der Waals surface area contributed by atoms with Gasteiger partial charge in [-0.3, -0.25) is 9.20 Å². The summed E-state index contributed by atoms with van der Waals surface area (Å²) in [4.78, 5) is 15.9. The second kappa shape index (κ2) is 7.87. The predicted molar refractivity (Wildman–Crippen MR) is 114 cm³/mol. The van der Waals surface area contributed by atoms with Crippen molar-refractivity contribution < 1.29 is 13.9 Å². The Bertz CT molecular complexity index is 1230. The van der Waals surface area contributed by atoms with Gasteiger partial charge in [0.2, 0.25) is 5.95 Å². The van der Waals surface area contributed by atoms with Crippen LogP contribution in [-0.4, -0.2) is 21.9 Å². The Labute approximate surface area is 173 Å². The topological polar surface area (TPSA) is 81.6 Å². The van der Waals surface area contributed by atoms with Crippen molar-refractivity contribution in [3.8, 4) is 17.0 Å². The van der Waals surface area contributed by atoms with Crippen molar-refractivity contribution in [2.24, 2.45) is 5.73 Å². The summed E-state index contributed by atoms with van der Waals surface area (Å²) in [6, 6.07) is 17.8. The fourth-order valence-corrected chi connectivity index (χ4v) is 3.42. The first-order valence-electron chi connectivity index (χ1n) is 9.46. The van der Waals surface area contributed by atoms with Crippen molar-refractivity contribution in [1.29, 1.82) is 0 Å². The number of fused-ring (bicyclic) bond motifs is 1. The maximum atomic E-state index is 14.8. The lowest BCUT2D eigenvalue weighted by Gasteiger charge is -2.15. The Morgan fingerprint density at radius 2 is 1.77 bits per heavy atom. The average Bonchev–Trinajstić information content (AvgIpc) is 3.09. The van der Waals surface area contributed by atoms with Gasteiger partial charge in [0, 0.05) is 11.3 Å². The zero-order valence-electron chi connectivity index (χ0n) is 16.6. The Morgan fingerprint density at radius 3 is 2.50 bits per heavy atom. The van der Waals surface area contributed by atoms with E-state index < -0.39 is 11.9 Å². The Balaban J connectivity index is 1.93. The highest BCUT2D eigenvalue weighted by Crippen LogP contribution is 2.38. The molecule has 0 aliphatic heterocycles. The van der Waals surface area contributed by atoms with Crippen molar-refractivity contribution in [2.45, 2.75) is 13.8 Å². The minimum Gasteiger partial charge on any atom is -0.483 e. The number of aryl methyl sites for hydroxylation is 2. The molecule has 0 radical (unpaired) electrons. The first kappa shape index (κ1) is 19.4. The molecule has 30 heavy (non-hydrogen) atoms. The van der Waals surface area contributed by atoms with Crippen LogP contribution in [0.2, 0.25) is 0 Å². The number of imidazole rings is 1. The van der Waals surface area contributed by atoms with E-state index in [1.54, 1.807) is 24.3 Å². The molecule has 1 amide bonds. The number of carbonyl (C=O) groups is 1. The van der Waals surface area contributed by atoms with Crippen molar-refractivity contribution >= 4 is 23.1 Å². The summed E-state index contributed by atoms with van der Waals surface area (Å²) in [6.45, 7) is 3.70. The van der Waals surface area contributed by atoms with E-state index in [-0.39, 0.29) is 6.61 Å². The molecular weight excluding hydrogens is 383 g/mol. The van der Waals surface area contributed by atoms with Crippen LogP contribution in [0, 0.1) is 19.8 Å². The molecule has 4 rings (SSSR count). The Kier molecular flexibility index (Phi) is 5.10. The number of hydrogen-bond acceptors (Lipinski definition) is 4. The van der Waals surface area contributed by atoms with Crippen molar-refractivity contribution in [2.75, 3.05) is 11.9 Å². The molecule has 0 spiro atoms. The third-order valence-electron chi connectivity index (χ3n) is 4.83. The van der Waals surface area contributed by atoms with Crippen LogP contribution in [0.25, 0.3) is 16.9 Å². The minimum atomic E-state index is -0.584. The molecule has 0 aliphatic rings. The van der Waals surface area contributed by atoms with Gasteiger partial charge in [0.15, 0.2) is 6.61 Å². The number of aromatic nitrogens is 2. The van der Waals surface area contributed by atoms with E-state index in [1.165, 1.54) is 10.5 Å². The molecule has 2 aromatic carbocycles. The number of nitrogens with two attached hydrogens (primary N) is 1. The number of halogens is 1. The van der Waals surface area contributed by atoms with Gasteiger partial charge in [-0.2, -0.15) is 4.39 Å². The van der Waals surface area contributed by atoms with Crippen LogP contribution in [0.15, 0.2) is 60.7 Å². The van der Waals surface area contributed by atoms with Crippen molar-refractivity contribution in [3.63, 3.8) is 0 Å². The molecule has 0 saturated carbocycles. The van der Waals surface area contributed by atoms with Gasteiger partial charge in [0.1, 0.15) is 22.9 Å². The first-order chi connectivity index (χ1) is 14.5.